The van der Waals surface area contributed by atoms with Crippen molar-refractivity contribution in [3.8, 4) is 17.2 Å². The summed E-state index contributed by atoms with van der Waals surface area (Å²) >= 11 is 0. The summed E-state index contributed by atoms with van der Waals surface area (Å²) in [7, 11) is 4.35. The smallest absolute Gasteiger partial charge is 0.295 e. The molecule has 1 N–H and O–H groups in total. The van der Waals surface area contributed by atoms with Crippen molar-refractivity contribution in [2.24, 2.45) is 0 Å². The van der Waals surface area contributed by atoms with Gasteiger partial charge in [0.2, 0.25) is 11.7 Å². The number of hydrogen-bond acceptors (Lipinski definition) is 7. The molecule has 4 aromatic rings. The lowest BCUT2D eigenvalue weighted by atomic mass is 9.98. The molecule has 1 aliphatic heterocycles. The maximum atomic E-state index is 14.2. The van der Waals surface area contributed by atoms with Crippen LogP contribution in [0.25, 0.3) is 6.08 Å². The van der Waals surface area contributed by atoms with Crippen molar-refractivity contribution in [3.63, 3.8) is 0 Å². The molecule has 0 aromatic heterocycles. The van der Waals surface area contributed by atoms with Crippen LogP contribution in [0.3, 0.4) is 0 Å². The van der Waals surface area contributed by atoms with Crippen LogP contribution in [0.1, 0.15) is 59.2 Å². The van der Waals surface area contributed by atoms with Gasteiger partial charge in [-0.25, -0.2) is 0 Å². The molecule has 2 amide bonds. The van der Waals surface area contributed by atoms with Crippen LogP contribution in [0.2, 0.25) is 0 Å². The van der Waals surface area contributed by atoms with Gasteiger partial charge in [0, 0.05) is 24.6 Å². The van der Waals surface area contributed by atoms with E-state index in [2.05, 4.69) is 29.6 Å². The highest BCUT2D eigenvalue weighted by atomic mass is 16.5. The molecular formula is C44H50N2O7. The van der Waals surface area contributed by atoms with E-state index in [-0.39, 0.29) is 42.0 Å². The fraction of sp³-hybridized carbons (Fsp3) is 0.341. The van der Waals surface area contributed by atoms with Crippen LogP contribution in [-0.2, 0) is 27.2 Å². The minimum Gasteiger partial charge on any atom is -0.493 e. The van der Waals surface area contributed by atoms with Gasteiger partial charge in [0.25, 0.3) is 11.7 Å². The van der Waals surface area contributed by atoms with Crippen molar-refractivity contribution in [1.29, 1.82) is 0 Å². The number of likely N-dealkylation sites (tertiary alicyclic amines) is 1. The zero-order valence-electron chi connectivity index (χ0n) is 30.9. The van der Waals surface area contributed by atoms with Gasteiger partial charge in [0.1, 0.15) is 6.04 Å². The van der Waals surface area contributed by atoms with E-state index >= 15 is 0 Å². The molecule has 0 saturated carbocycles. The zero-order chi connectivity index (χ0) is 37.4. The van der Waals surface area contributed by atoms with E-state index in [0.717, 1.165) is 44.1 Å². The molecule has 0 aliphatic carbocycles. The lowest BCUT2D eigenvalue weighted by molar-refractivity contribution is -0.135. The summed E-state index contributed by atoms with van der Waals surface area (Å²) in [5, 5.41) is 3.29. The fourth-order valence-electron chi connectivity index (χ4n) is 6.78. The first-order valence-corrected chi connectivity index (χ1v) is 18.3. The van der Waals surface area contributed by atoms with Gasteiger partial charge >= 0.3 is 0 Å². The van der Waals surface area contributed by atoms with Gasteiger partial charge in [-0.1, -0.05) is 103 Å². The highest BCUT2D eigenvalue weighted by Gasteiger charge is 2.43. The van der Waals surface area contributed by atoms with Crippen LogP contribution in [-0.4, -0.2) is 75.2 Å². The number of ether oxygens (including phenoxy) is 4. The SMILES string of the molecule is COc1cc(C(=O)C(=O)N2C[C@@H](OC/C=C/c3ccccc3)C[C@H]2C(=O)NC(CCCc2ccccc2)CCCc2ccccc2)cc(OC)c1OC. The van der Waals surface area contributed by atoms with Gasteiger partial charge in [0.15, 0.2) is 11.5 Å². The Hall–Kier alpha value is -5.41. The zero-order valence-corrected chi connectivity index (χ0v) is 30.9. The van der Waals surface area contributed by atoms with Gasteiger partial charge in [-0.15, -0.1) is 0 Å². The monoisotopic (exact) mass is 718 g/mol. The lowest BCUT2D eigenvalue weighted by Gasteiger charge is -2.26. The maximum absolute atomic E-state index is 14.2. The Morgan fingerprint density at radius 1 is 0.774 bits per heavy atom. The van der Waals surface area contributed by atoms with Gasteiger partial charge < -0.3 is 29.2 Å². The first-order chi connectivity index (χ1) is 25.9. The van der Waals surface area contributed by atoms with Crippen LogP contribution in [0.5, 0.6) is 17.2 Å². The van der Waals surface area contributed by atoms with Crippen LogP contribution in [0.4, 0.5) is 0 Å². The second-order valence-electron chi connectivity index (χ2n) is 13.2. The van der Waals surface area contributed by atoms with E-state index in [9.17, 15) is 14.4 Å². The number of benzene rings is 4. The number of Topliss-reactive ketones (excluding diaryl/α,β-unsaturated/α-hetero) is 1. The summed E-state index contributed by atoms with van der Waals surface area (Å²) in [6.07, 6.45) is 8.84. The summed E-state index contributed by atoms with van der Waals surface area (Å²) < 4.78 is 22.4. The fourth-order valence-corrected chi connectivity index (χ4v) is 6.78. The third-order valence-electron chi connectivity index (χ3n) is 9.55. The number of amides is 2. The molecule has 0 unspecified atom stereocenters. The molecular weight excluding hydrogens is 668 g/mol. The van der Waals surface area contributed by atoms with Gasteiger partial charge in [-0.3, -0.25) is 14.4 Å². The quantitative estimate of drug-likeness (QED) is 0.0814. The average Bonchev–Trinajstić information content (AvgIpc) is 3.64. The van der Waals surface area contributed by atoms with E-state index in [0.29, 0.717) is 12.4 Å². The molecule has 0 bridgehead atoms. The standard InChI is InChI=1S/C44H50N2O7/c1-50-39-28-35(29-40(51-2)42(39)52-3)41(47)44(49)46-31-37(53-27-15-24-34-20-11-6-12-21-34)30-38(46)43(48)45-36(25-13-22-32-16-7-4-8-17-32)26-14-23-33-18-9-5-10-19-33/h4-12,15-21,24,28-29,36-38H,13-14,22-23,25-27,30-31H2,1-3H3,(H,45,48)/b24-15+/t37-,38-/m0/s1. The Balaban J connectivity index is 1.33. The number of nitrogens with one attached hydrogen (secondary N) is 1. The molecule has 1 fully saturated rings. The topological polar surface area (TPSA) is 103 Å². The minimum absolute atomic E-state index is 0.0681. The first kappa shape index (κ1) is 38.8. The molecule has 53 heavy (non-hydrogen) atoms. The minimum atomic E-state index is -0.887. The highest BCUT2D eigenvalue weighted by molar-refractivity contribution is 6.43. The van der Waals surface area contributed by atoms with E-state index in [1.807, 2.05) is 78.9 Å². The number of carbonyl (C=O) groups is 3. The number of aryl methyl sites for hydroxylation is 2. The number of rotatable bonds is 19. The molecule has 4 aromatic carbocycles. The van der Waals surface area contributed by atoms with Crippen molar-refractivity contribution >= 4 is 23.7 Å². The molecule has 1 saturated heterocycles. The first-order valence-electron chi connectivity index (χ1n) is 18.3. The van der Waals surface area contributed by atoms with Gasteiger partial charge in [0.05, 0.1) is 34.0 Å². The lowest BCUT2D eigenvalue weighted by Crippen LogP contribution is -2.50. The molecule has 1 aliphatic rings. The van der Waals surface area contributed by atoms with E-state index < -0.39 is 23.8 Å². The van der Waals surface area contributed by atoms with Crippen molar-refractivity contribution < 1.29 is 33.3 Å². The van der Waals surface area contributed by atoms with Crippen LogP contribution >= 0.6 is 0 Å². The number of methoxy groups -OCH3 is 3. The second kappa shape index (κ2) is 20.0. The van der Waals surface area contributed by atoms with Crippen molar-refractivity contribution in [2.75, 3.05) is 34.5 Å². The molecule has 0 spiro atoms. The third kappa shape index (κ3) is 11.0. The van der Waals surface area contributed by atoms with E-state index in [4.69, 9.17) is 18.9 Å². The summed E-state index contributed by atoms with van der Waals surface area (Å²) in [5.41, 5.74) is 3.61. The van der Waals surface area contributed by atoms with Crippen LogP contribution in [0, 0.1) is 0 Å². The Morgan fingerprint density at radius 3 is 1.85 bits per heavy atom. The normalized spacial score (nSPS) is 15.4. The van der Waals surface area contributed by atoms with Crippen LogP contribution < -0.4 is 19.5 Å². The Labute approximate surface area is 312 Å². The van der Waals surface area contributed by atoms with Crippen molar-refractivity contribution in [2.45, 2.75) is 63.1 Å². The maximum Gasteiger partial charge on any atom is 0.295 e. The summed E-state index contributed by atoms with van der Waals surface area (Å²) in [4.78, 5) is 43.4. The van der Waals surface area contributed by atoms with Gasteiger partial charge in [-0.05, 0) is 67.3 Å². The molecule has 9 heteroatoms. The molecule has 1 heterocycles. The molecule has 5 rings (SSSR count). The second-order valence-corrected chi connectivity index (χ2v) is 13.2. The third-order valence-corrected chi connectivity index (χ3v) is 9.55. The number of hydrogen-bond donors (Lipinski definition) is 1. The predicted molar refractivity (Wildman–Crippen MR) is 206 cm³/mol. The predicted octanol–water partition coefficient (Wildman–Crippen LogP) is 7.13. The van der Waals surface area contributed by atoms with E-state index in [1.165, 1.54) is 49.5 Å². The van der Waals surface area contributed by atoms with Crippen LogP contribution in [0.15, 0.2) is 109 Å². The molecule has 2 atom stereocenters. The van der Waals surface area contributed by atoms with Gasteiger partial charge in [-0.2, -0.15) is 0 Å². The Kier molecular flexibility index (Phi) is 14.6. The Morgan fingerprint density at radius 2 is 1.32 bits per heavy atom. The summed E-state index contributed by atoms with van der Waals surface area (Å²) in [5.74, 6) is -1.06. The Bertz CT molecular complexity index is 1730. The number of ketones is 1. The largest absolute Gasteiger partial charge is 0.493 e. The molecule has 0 radical (unpaired) electrons. The highest BCUT2D eigenvalue weighted by Crippen LogP contribution is 2.38. The average molecular weight is 719 g/mol. The summed E-state index contributed by atoms with van der Waals surface area (Å²) in [6, 6.07) is 32.4. The molecule has 278 valence electrons. The van der Waals surface area contributed by atoms with E-state index in [1.54, 1.807) is 0 Å². The molecule has 9 nitrogen and oxygen atoms in total. The van der Waals surface area contributed by atoms with Crippen molar-refractivity contribution in [1.82, 2.24) is 10.2 Å². The van der Waals surface area contributed by atoms with Crippen molar-refractivity contribution in [3.05, 3.63) is 131 Å². The number of nitrogens with zero attached hydrogens (tertiary/aromatic N) is 1. The summed E-state index contributed by atoms with van der Waals surface area (Å²) in [6.45, 7) is 0.386. The number of carbonyl (C=O) groups excluding carboxylic acids is 3.